The van der Waals surface area contributed by atoms with Crippen molar-refractivity contribution in [2.24, 2.45) is 0 Å². The van der Waals surface area contributed by atoms with Crippen LogP contribution in [0.5, 0.6) is 17.2 Å². The number of piperazine rings is 1. The van der Waals surface area contributed by atoms with Crippen LogP contribution < -0.4 is 24.0 Å². The van der Waals surface area contributed by atoms with Crippen molar-refractivity contribution in [3.05, 3.63) is 48.0 Å². The van der Waals surface area contributed by atoms with E-state index < -0.39 is 0 Å². The summed E-state index contributed by atoms with van der Waals surface area (Å²) in [5, 5.41) is 0. The molecule has 1 heterocycles. The highest BCUT2D eigenvalue weighted by Crippen LogP contribution is 2.28. The van der Waals surface area contributed by atoms with E-state index in [-0.39, 0.29) is 5.91 Å². The van der Waals surface area contributed by atoms with Crippen LogP contribution in [0.2, 0.25) is 0 Å². The van der Waals surface area contributed by atoms with E-state index in [2.05, 4.69) is 11.0 Å². The lowest BCUT2D eigenvalue weighted by atomic mass is 10.1. The van der Waals surface area contributed by atoms with Crippen LogP contribution in [0.25, 0.3) is 0 Å². The molecule has 1 amide bonds. The number of rotatable bonds is 8. The van der Waals surface area contributed by atoms with Gasteiger partial charge in [-0.15, -0.1) is 0 Å². The number of methoxy groups -OCH3 is 3. The zero-order chi connectivity index (χ0) is 21.5. The van der Waals surface area contributed by atoms with E-state index in [4.69, 9.17) is 14.2 Å². The van der Waals surface area contributed by atoms with Gasteiger partial charge in [0.25, 0.3) is 5.91 Å². The zero-order valence-electron chi connectivity index (χ0n) is 18.3. The van der Waals surface area contributed by atoms with Gasteiger partial charge >= 0.3 is 0 Å². The molecule has 1 atom stereocenters. The van der Waals surface area contributed by atoms with Crippen LogP contribution in [-0.4, -0.2) is 71.9 Å². The number of likely N-dealkylation sites (N-methyl/N-ethyl adjacent to an activating group) is 1. The molecule has 30 heavy (non-hydrogen) atoms. The largest absolute Gasteiger partial charge is 0.497 e. The van der Waals surface area contributed by atoms with Crippen molar-refractivity contribution in [3.8, 4) is 17.2 Å². The Labute approximate surface area is 178 Å². The number of ether oxygens (including phenoxy) is 3. The van der Waals surface area contributed by atoms with Crippen molar-refractivity contribution in [3.63, 3.8) is 0 Å². The van der Waals surface area contributed by atoms with Gasteiger partial charge in [0.15, 0.2) is 6.54 Å². The number of carbonyl (C=O) groups is 1. The summed E-state index contributed by atoms with van der Waals surface area (Å²) >= 11 is 0. The quantitative estimate of drug-likeness (QED) is 0.701. The summed E-state index contributed by atoms with van der Waals surface area (Å²) in [5.74, 6) is 2.60. The first-order valence-corrected chi connectivity index (χ1v) is 10.2. The lowest BCUT2D eigenvalue weighted by Gasteiger charge is -2.36. The molecule has 7 heteroatoms. The smallest absolute Gasteiger partial charge is 0.277 e. The summed E-state index contributed by atoms with van der Waals surface area (Å²) in [6, 6.07) is 13.8. The second kappa shape index (κ2) is 10.2. The Morgan fingerprint density at radius 1 is 0.933 bits per heavy atom. The topological polar surface area (TPSA) is 55.7 Å². The summed E-state index contributed by atoms with van der Waals surface area (Å²) in [6.45, 7) is 4.20. The SMILES string of the molecule is COc1ccc(C[NH+](C)CC(=O)N2CCN(c3ccccc3OC)CC2)c(OC)c1. The maximum absolute atomic E-state index is 12.8. The Morgan fingerprint density at radius 3 is 2.30 bits per heavy atom. The Hall–Kier alpha value is -2.93. The molecule has 0 spiro atoms. The van der Waals surface area contributed by atoms with Crippen molar-refractivity contribution in [2.45, 2.75) is 6.54 Å². The first kappa shape index (κ1) is 21.8. The molecular formula is C23H32N3O4+. The van der Waals surface area contributed by atoms with Gasteiger partial charge in [0.1, 0.15) is 23.8 Å². The van der Waals surface area contributed by atoms with Crippen molar-refractivity contribution in [2.75, 3.05) is 66.0 Å². The minimum Gasteiger partial charge on any atom is -0.497 e. The van der Waals surface area contributed by atoms with Gasteiger partial charge in [-0.3, -0.25) is 4.79 Å². The third kappa shape index (κ3) is 5.16. The molecule has 1 aliphatic rings. The minimum atomic E-state index is 0.180. The van der Waals surface area contributed by atoms with Crippen LogP contribution in [0.4, 0.5) is 5.69 Å². The van der Waals surface area contributed by atoms with E-state index in [0.29, 0.717) is 13.1 Å². The molecule has 1 unspecified atom stereocenters. The second-order valence-corrected chi connectivity index (χ2v) is 7.53. The predicted molar refractivity (Wildman–Crippen MR) is 117 cm³/mol. The van der Waals surface area contributed by atoms with Crippen molar-refractivity contribution < 1.29 is 23.9 Å². The van der Waals surface area contributed by atoms with Gasteiger partial charge in [0.05, 0.1) is 34.1 Å². The highest BCUT2D eigenvalue weighted by Gasteiger charge is 2.25. The Bertz CT molecular complexity index is 850. The summed E-state index contributed by atoms with van der Waals surface area (Å²) < 4.78 is 16.2. The fourth-order valence-electron chi connectivity index (χ4n) is 3.84. The molecule has 0 aromatic heterocycles. The summed E-state index contributed by atoms with van der Waals surface area (Å²) in [5.41, 5.74) is 2.14. The maximum atomic E-state index is 12.8. The summed E-state index contributed by atoms with van der Waals surface area (Å²) in [7, 11) is 7.01. The number of hydrogen-bond acceptors (Lipinski definition) is 5. The highest BCUT2D eigenvalue weighted by molar-refractivity contribution is 5.77. The van der Waals surface area contributed by atoms with Gasteiger partial charge in [-0.1, -0.05) is 12.1 Å². The van der Waals surface area contributed by atoms with Crippen LogP contribution in [0.3, 0.4) is 0 Å². The Balaban J connectivity index is 1.53. The van der Waals surface area contributed by atoms with Gasteiger partial charge < -0.3 is 28.9 Å². The molecule has 2 aromatic carbocycles. The lowest BCUT2D eigenvalue weighted by molar-refractivity contribution is -0.885. The molecule has 0 aliphatic carbocycles. The van der Waals surface area contributed by atoms with E-state index in [1.807, 2.05) is 48.3 Å². The maximum Gasteiger partial charge on any atom is 0.277 e. The molecule has 0 saturated carbocycles. The Kier molecular flexibility index (Phi) is 7.41. The first-order valence-electron chi connectivity index (χ1n) is 10.2. The monoisotopic (exact) mass is 414 g/mol. The van der Waals surface area contributed by atoms with Crippen LogP contribution in [0, 0.1) is 0 Å². The first-order chi connectivity index (χ1) is 14.5. The standard InChI is InChI=1S/C23H31N3O4/c1-24(16-18-9-10-19(28-2)15-22(18)30-4)17-23(27)26-13-11-25(12-14-26)20-7-5-6-8-21(20)29-3/h5-10,15H,11-14,16-17H2,1-4H3/p+1. The molecule has 3 rings (SSSR count). The summed E-state index contributed by atoms with van der Waals surface area (Å²) in [6.07, 6.45) is 0. The molecule has 0 bridgehead atoms. The number of quaternary nitrogens is 1. The number of carbonyl (C=O) groups excluding carboxylic acids is 1. The number of hydrogen-bond donors (Lipinski definition) is 1. The molecule has 1 saturated heterocycles. The molecular weight excluding hydrogens is 382 g/mol. The third-order valence-electron chi connectivity index (χ3n) is 5.50. The van der Waals surface area contributed by atoms with E-state index >= 15 is 0 Å². The fourth-order valence-corrected chi connectivity index (χ4v) is 3.84. The van der Waals surface area contributed by atoms with E-state index in [1.165, 1.54) is 0 Å². The van der Waals surface area contributed by atoms with Crippen molar-refractivity contribution in [1.29, 1.82) is 0 Å². The molecule has 1 aliphatic heterocycles. The summed E-state index contributed by atoms with van der Waals surface area (Å²) in [4.78, 5) is 18.2. The third-order valence-corrected chi connectivity index (χ3v) is 5.50. The molecule has 2 aromatic rings. The average Bonchev–Trinajstić information content (AvgIpc) is 2.79. The van der Waals surface area contributed by atoms with Crippen molar-refractivity contribution >= 4 is 11.6 Å². The minimum absolute atomic E-state index is 0.180. The zero-order valence-corrected chi connectivity index (χ0v) is 18.3. The van der Waals surface area contributed by atoms with Crippen LogP contribution in [-0.2, 0) is 11.3 Å². The number of nitrogens with zero attached hydrogens (tertiary/aromatic N) is 2. The van der Waals surface area contributed by atoms with Gasteiger partial charge in [-0.2, -0.15) is 0 Å². The van der Waals surface area contributed by atoms with Gasteiger partial charge in [-0.25, -0.2) is 0 Å². The lowest BCUT2D eigenvalue weighted by Crippen LogP contribution is -3.09. The predicted octanol–water partition coefficient (Wildman–Crippen LogP) is 1.08. The van der Waals surface area contributed by atoms with Crippen molar-refractivity contribution in [1.82, 2.24) is 4.90 Å². The number of para-hydroxylation sites is 2. The molecule has 162 valence electrons. The molecule has 0 radical (unpaired) electrons. The fraction of sp³-hybridized carbons (Fsp3) is 0.435. The average molecular weight is 415 g/mol. The highest BCUT2D eigenvalue weighted by atomic mass is 16.5. The van der Waals surface area contributed by atoms with Crippen LogP contribution in [0.15, 0.2) is 42.5 Å². The number of nitrogens with one attached hydrogen (secondary N) is 1. The molecule has 1 fully saturated rings. The van der Waals surface area contributed by atoms with Gasteiger partial charge in [0.2, 0.25) is 0 Å². The van der Waals surface area contributed by atoms with Gasteiger partial charge in [0, 0.05) is 37.8 Å². The van der Waals surface area contributed by atoms with E-state index in [1.54, 1.807) is 21.3 Å². The number of benzene rings is 2. The number of anilines is 1. The second-order valence-electron chi connectivity index (χ2n) is 7.53. The number of amides is 1. The molecule has 7 nitrogen and oxygen atoms in total. The van der Waals surface area contributed by atoms with E-state index in [0.717, 1.165) is 59.6 Å². The van der Waals surface area contributed by atoms with E-state index in [9.17, 15) is 4.79 Å². The Morgan fingerprint density at radius 2 is 1.63 bits per heavy atom. The van der Waals surface area contributed by atoms with Gasteiger partial charge in [-0.05, 0) is 24.3 Å². The molecule has 1 N–H and O–H groups in total. The van der Waals surface area contributed by atoms with Crippen LogP contribution in [0.1, 0.15) is 5.56 Å². The van der Waals surface area contributed by atoms with Crippen LogP contribution >= 0.6 is 0 Å². The normalized spacial score (nSPS) is 14.9.